The van der Waals surface area contributed by atoms with Gasteiger partial charge in [0.2, 0.25) is 0 Å². The highest BCUT2D eigenvalue weighted by molar-refractivity contribution is 6.31. The average Bonchev–Trinajstić information content (AvgIpc) is 2.96. The minimum atomic E-state index is -0.600. The van der Waals surface area contributed by atoms with Crippen LogP contribution in [-0.4, -0.2) is 26.9 Å². The fourth-order valence-electron chi connectivity index (χ4n) is 1.83. The van der Waals surface area contributed by atoms with Crippen molar-refractivity contribution < 1.29 is 9.72 Å². The minimum Gasteiger partial charge on any atom is -0.352 e. The maximum atomic E-state index is 12.0. The zero-order chi connectivity index (χ0) is 15.2. The highest BCUT2D eigenvalue weighted by atomic mass is 35.5. The molecule has 0 spiro atoms. The topological polar surface area (TPSA) is 90.1 Å². The number of nitro groups is 1. The van der Waals surface area contributed by atoms with Gasteiger partial charge in [-0.05, 0) is 18.6 Å². The Kier molecular flexibility index (Phi) is 4.89. The number of aromatic nitrogens is 2. The molecular formula is C13H13ClN4O3. The molecule has 8 heteroatoms. The smallest absolute Gasteiger partial charge is 0.282 e. The van der Waals surface area contributed by atoms with Gasteiger partial charge in [-0.1, -0.05) is 11.6 Å². The Hall–Kier alpha value is -2.41. The van der Waals surface area contributed by atoms with E-state index in [2.05, 4.69) is 10.3 Å². The number of nitrogens with zero attached hydrogens (tertiary/aromatic N) is 3. The van der Waals surface area contributed by atoms with E-state index in [1.165, 1.54) is 18.2 Å². The maximum Gasteiger partial charge on any atom is 0.282 e. The van der Waals surface area contributed by atoms with Gasteiger partial charge in [0, 0.05) is 36.6 Å². The van der Waals surface area contributed by atoms with Gasteiger partial charge in [-0.25, -0.2) is 4.98 Å². The summed E-state index contributed by atoms with van der Waals surface area (Å²) in [7, 11) is 0. The van der Waals surface area contributed by atoms with E-state index in [9.17, 15) is 14.9 Å². The van der Waals surface area contributed by atoms with Gasteiger partial charge >= 0.3 is 0 Å². The molecule has 0 aliphatic rings. The van der Waals surface area contributed by atoms with E-state index in [0.29, 0.717) is 19.5 Å². The van der Waals surface area contributed by atoms with Gasteiger partial charge in [-0.15, -0.1) is 0 Å². The van der Waals surface area contributed by atoms with Crippen molar-refractivity contribution in [1.29, 1.82) is 0 Å². The summed E-state index contributed by atoms with van der Waals surface area (Å²) in [6.07, 6.45) is 5.87. The van der Waals surface area contributed by atoms with Crippen molar-refractivity contribution in [2.45, 2.75) is 13.0 Å². The molecule has 0 saturated heterocycles. The summed E-state index contributed by atoms with van der Waals surface area (Å²) in [6.45, 7) is 1.11. The van der Waals surface area contributed by atoms with E-state index < -0.39 is 10.8 Å². The van der Waals surface area contributed by atoms with Crippen molar-refractivity contribution in [2.24, 2.45) is 0 Å². The number of hydrogen-bond acceptors (Lipinski definition) is 4. The zero-order valence-electron chi connectivity index (χ0n) is 11.0. The van der Waals surface area contributed by atoms with Gasteiger partial charge in [0.15, 0.2) is 0 Å². The Morgan fingerprint density at radius 2 is 2.29 bits per heavy atom. The third-order valence-electron chi connectivity index (χ3n) is 2.84. The number of nitrogens with one attached hydrogen (secondary N) is 1. The molecule has 0 atom stereocenters. The number of halogens is 1. The molecule has 1 aromatic carbocycles. The quantitative estimate of drug-likeness (QED) is 0.503. The Morgan fingerprint density at radius 1 is 1.48 bits per heavy atom. The fourth-order valence-corrected chi connectivity index (χ4v) is 2.00. The van der Waals surface area contributed by atoms with Crippen LogP contribution >= 0.6 is 11.6 Å². The zero-order valence-corrected chi connectivity index (χ0v) is 11.8. The average molecular weight is 309 g/mol. The highest BCUT2D eigenvalue weighted by Crippen LogP contribution is 2.22. The van der Waals surface area contributed by atoms with E-state index in [1.807, 2.05) is 10.8 Å². The van der Waals surface area contributed by atoms with Crippen LogP contribution < -0.4 is 5.32 Å². The molecule has 21 heavy (non-hydrogen) atoms. The predicted octanol–water partition coefficient (Wildman–Crippen LogP) is 2.26. The van der Waals surface area contributed by atoms with Crippen molar-refractivity contribution in [3.8, 4) is 0 Å². The number of carbonyl (C=O) groups is 1. The van der Waals surface area contributed by atoms with Gasteiger partial charge in [0.05, 0.1) is 11.3 Å². The van der Waals surface area contributed by atoms with E-state index in [-0.39, 0.29) is 16.3 Å². The molecule has 2 aromatic rings. The third-order valence-corrected chi connectivity index (χ3v) is 3.07. The molecule has 0 bridgehead atoms. The number of benzene rings is 1. The number of hydrogen-bond donors (Lipinski definition) is 1. The molecule has 2 rings (SSSR count). The first kappa shape index (κ1) is 15.0. The van der Waals surface area contributed by atoms with Gasteiger partial charge in [-0.3, -0.25) is 14.9 Å². The van der Waals surface area contributed by atoms with E-state index in [4.69, 9.17) is 11.6 Å². The van der Waals surface area contributed by atoms with Crippen LogP contribution in [0.1, 0.15) is 16.8 Å². The number of carbonyl (C=O) groups excluding carboxylic acids is 1. The number of rotatable bonds is 6. The Morgan fingerprint density at radius 3 is 2.95 bits per heavy atom. The van der Waals surface area contributed by atoms with Crippen LogP contribution in [0.3, 0.4) is 0 Å². The Labute approximate surface area is 125 Å². The number of imidazole rings is 1. The molecule has 0 fully saturated rings. The first-order valence-electron chi connectivity index (χ1n) is 6.26. The predicted molar refractivity (Wildman–Crippen MR) is 77.3 cm³/mol. The molecule has 0 radical (unpaired) electrons. The van der Waals surface area contributed by atoms with Gasteiger partial charge in [-0.2, -0.15) is 0 Å². The van der Waals surface area contributed by atoms with E-state index in [0.717, 1.165) is 0 Å². The Bertz CT molecular complexity index is 643. The number of nitro benzene ring substituents is 1. The highest BCUT2D eigenvalue weighted by Gasteiger charge is 2.19. The largest absolute Gasteiger partial charge is 0.352 e. The molecule has 7 nitrogen and oxygen atoms in total. The second-order valence-electron chi connectivity index (χ2n) is 4.33. The van der Waals surface area contributed by atoms with Gasteiger partial charge in [0.1, 0.15) is 5.56 Å². The van der Waals surface area contributed by atoms with Crippen molar-refractivity contribution in [2.75, 3.05) is 6.54 Å². The fraction of sp³-hybridized carbons (Fsp3) is 0.231. The SMILES string of the molecule is O=C(NCCCn1ccnc1)c1cc(Cl)ccc1[N+](=O)[O-]. The van der Waals surface area contributed by atoms with Crippen LogP contribution in [0, 0.1) is 10.1 Å². The molecular weight excluding hydrogens is 296 g/mol. The minimum absolute atomic E-state index is 0.0323. The summed E-state index contributed by atoms with van der Waals surface area (Å²) in [4.78, 5) is 26.2. The van der Waals surface area contributed by atoms with Gasteiger partial charge in [0.25, 0.3) is 11.6 Å². The van der Waals surface area contributed by atoms with Crippen molar-refractivity contribution in [1.82, 2.24) is 14.9 Å². The third kappa shape index (κ3) is 4.03. The summed E-state index contributed by atoms with van der Waals surface area (Å²) in [5.41, 5.74) is -0.290. The van der Waals surface area contributed by atoms with Crippen molar-refractivity contribution in [3.63, 3.8) is 0 Å². The normalized spacial score (nSPS) is 10.3. The monoisotopic (exact) mass is 308 g/mol. The summed E-state index contributed by atoms with van der Waals surface area (Å²) in [6, 6.07) is 3.91. The van der Waals surface area contributed by atoms with Crippen LogP contribution in [0.15, 0.2) is 36.9 Å². The van der Waals surface area contributed by atoms with Crippen molar-refractivity contribution in [3.05, 3.63) is 57.6 Å². The summed E-state index contributed by atoms with van der Waals surface area (Å²) < 4.78 is 1.88. The summed E-state index contributed by atoms with van der Waals surface area (Å²) >= 11 is 5.78. The molecule has 1 N–H and O–H groups in total. The molecule has 0 saturated carbocycles. The second-order valence-corrected chi connectivity index (χ2v) is 4.76. The number of aryl methyl sites for hydroxylation is 1. The summed E-state index contributed by atoms with van der Waals surface area (Å²) in [5, 5.41) is 13.8. The lowest BCUT2D eigenvalue weighted by Crippen LogP contribution is -2.26. The molecule has 1 aromatic heterocycles. The first-order chi connectivity index (χ1) is 10.1. The summed E-state index contributed by atoms with van der Waals surface area (Å²) in [5.74, 6) is -0.505. The number of amides is 1. The lowest BCUT2D eigenvalue weighted by Gasteiger charge is -2.06. The standard InChI is InChI=1S/C13H13ClN4O3/c14-10-2-3-12(18(20)21)11(8-10)13(19)16-4-1-6-17-7-5-15-9-17/h2-3,5,7-9H,1,4,6H2,(H,16,19). The van der Waals surface area contributed by atoms with Crippen LogP contribution in [0.25, 0.3) is 0 Å². The van der Waals surface area contributed by atoms with Crippen LogP contribution in [0.2, 0.25) is 5.02 Å². The Balaban J connectivity index is 1.93. The van der Waals surface area contributed by atoms with Gasteiger partial charge < -0.3 is 9.88 Å². The van der Waals surface area contributed by atoms with Crippen molar-refractivity contribution >= 4 is 23.2 Å². The second kappa shape index (κ2) is 6.85. The lowest BCUT2D eigenvalue weighted by atomic mass is 10.1. The maximum absolute atomic E-state index is 12.0. The van der Waals surface area contributed by atoms with Crippen LogP contribution in [0.4, 0.5) is 5.69 Å². The van der Waals surface area contributed by atoms with Crippen LogP contribution in [0.5, 0.6) is 0 Å². The lowest BCUT2D eigenvalue weighted by molar-refractivity contribution is -0.385. The van der Waals surface area contributed by atoms with E-state index in [1.54, 1.807) is 12.5 Å². The first-order valence-corrected chi connectivity index (χ1v) is 6.63. The molecule has 1 heterocycles. The molecule has 110 valence electrons. The molecule has 0 aliphatic carbocycles. The molecule has 0 aliphatic heterocycles. The molecule has 0 unspecified atom stereocenters. The van der Waals surface area contributed by atoms with E-state index >= 15 is 0 Å². The molecule has 1 amide bonds. The van der Waals surface area contributed by atoms with Crippen LogP contribution in [-0.2, 0) is 6.54 Å².